The van der Waals surface area contributed by atoms with Gasteiger partial charge in [-0.05, 0) is 68.2 Å². The molecule has 1 aliphatic heterocycles. The van der Waals surface area contributed by atoms with Crippen molar-refractivity contribution >= 4 is 11.6 Å². The third kappa shape index (κ3) is 6.54. The molecule has 208 valence electrons. The predicted octanol–water partition coefficient (Wildman–Crippen LogP) is 3.91. The number of aromatic hydroxyl groups is 2. The van der Waals surface area contributed by atoms with Crippen molar-refractivity contribution in [3.05, 3.63) is 81.4 Å². The summed E-state index contributed by atoms with van der Waals surface area (Å²) in [6.45, 7) is 3.96. The van der Waals surface area contributed by atoms with Gasteiger partial charge >= 0.3 is 0 Å². The Labute approximate surface area is 228 Å². The Morgan fingerprint density at radius 1 is 1.08 bits per heavy atom. The average Bonchev–Trinajstić information content (AvgIpc) is 3.45. The molecule has 2 aromatic carbocycles. The lowest BCUT2D eigenvalue weighted by atomic mass is 9.91. The highest BCUT2D eigenvalue weighted by Gasteiger charge is 2.28. The van der Waals surface area contributed by atoms with E-state index in [1.165, 1.54) is 19.2 Å². The number of nitrogens with one attached hydrogen (secondary N) is 1. The minimum atomic E-state index is -0.781. The van der Waals surface area contributed by atoms with Gasteiger partial charge in [-0.2, -0.15) is 0 Å². The van der Waals surface area contributed by atoms with Gasteiger partial charge < -0.3 is 29.6 Å². The Hall–Kier alpha value is -3.98. The van der Waals surface area contributed by atoms with Crippen LogP contribution in [-0.2, 0) is 4.79 Å². The Kier molecular flexibility index (Phi) is 8.81. The highest BCUT2D eigenvalue weighted by atomic mass is 16.5. The molecule has 1 fully saturated rings. The van der Waals surface area contributed by atoms with Crippen molar-refractivity contribution in [3.63, 3.8) is 0 Å². The first kappa shape index (κ1) is 28.0. The first-order valence-corrected chi connectivity index (χ1v) is 13.2. The number of ether oxygens (including phenoxy) is 1. The molecular weight excluding hydrogens is 498 g/mol. The summed E-state index contributed by atoms with van der Waals surface area (Å²) in [5.41, 5.74) is 2.21. The van der Waals surface area contributed by atoms with E-state index < -0.39 is 17.1 Å². The zero-order chi connectivity index (χ0) is 28.1. The van der Waals surface area contributed by atoms with Crippen LogP contribution in [0.15, 0.2) is 57.7 Å². The Balaban J connectivity index is 1.59. The van der Waals surface area contributed by atoms with E-state index >= 15 is 0 Å². The summed E-state index contributed by atoms with van der Waals surface area (Å²) >= 11 is 0. The number of carbonyl (C=O) groups excluding carboxylic acids is 1. The zero-order valence-corrected chi connectivity index (χ0v) is 22.9. The molecule has 1 aromatic heterocycles. The van der Waals surface area contributed by atoms with Crippen molar-refractivity contribution in [1.82, 2.24) is 10.2 Å². The van der Waals surface area contributed by atoms with E-state index in [0.29, 0.717) is 17.9 Å². The number of hydrogen-bond donors (Lipinski definition) is 3. The molecule has 39 heavy (non-hydrogen) atoms. The maximum Gasteiger partial charge on any atom is 0.227 e. The maximum absolute atomic E-state index is 13.4. The van der Waals surface area contributed by atoms with Crippen molar-refractivity contribution in [2.75, 3.05) is 45.7 Å². The number of phenols is 1. The van der Waals surface area contributed by atoms with Crippen LogP contribution in [-0.4, -0.2) is 61.9 Å². The van der Waals surface area contributed by atoms with Gasteiger partial charge in [-0.15, -0.1) is 0 Å². The van der Waals surface area contributed by atoms with Gasteiger partial charge in [0, 0.05) is 38.8 Å². The van der Waals surface area contributed by atoms with Gasteiger partial charge in [-0.3, -0.25) is 14.5 Å². The van der Waals surface area contributed by atoms with Crippen LogP contribution in [0.4, 0.5) is 5.69 Å². The number of carbonyl (C=O) groups is 1. The number of benzene rings is 2. The van der Waals surface area contributed by atoms with Crippen LogP contribution in [0.25, 0.3) is 0 Å². The van der Waals surface area contributed by atoms with Crippen LogP contribution >= 0.6 is 0 Å². The van der Waals surface area contributed by atoms with Crippen molar-refractivity contribution in [3.8, 4) is 17.2 Å². The van der Waals surface area contributed by atoms with Gasteiger partial charge in [0.2, 0.25) is 17.1 Å². The molecule has 0 saturated carbocycles. The number of aryl methyl sites for hydroxylation is 1. The van der Waals surface area contributed by atoms with Gasteiger partial charge in [0.25, 0.3) is 0 Å². The maximum atomic E-state index is 13.4. The molecular formula is C30H37N3O6. The molecule has 0 spiro atoms. The summed E-state index contributed by atoms with van der Waals surface area (Å²) in [7, 11) is 5.43. The van der Waals surface area contributed by atoms with E-state index in [1.54, 1.807) is 19.1 Å². The largest absolute Gasteiger partial charge is 0.504 e. The van der Waals surface area contributed by atoms with E-state index in [-0.39, 0.29) is 35.6 Å². The number of hydrogen-bond acceptors (Lipinski definition) is 8. The number of anilines is 1. The van der Waals surface area contributed by atoms with Gasteiger partial charge in [0.15, 0.2) is 17.3 Å². The SMILES string of the molecule is COc1cc([C@@H](CC(=O)NC[C@H](c2ccc(N(C)C)cc2)N2CCCC2)c2oc(C)cc(=O)c2O)ccc1O. The number of nitrogens with zero attached hydrogens (tertiary/aromatic N) is 2. The minimum Gasteiger partial charge on any atom is -0.504 e. The topological polar surface area (TPSA) is 115 Å². The Morgan fingerprint density at radius 3 is 2.38 bits per heavy atom. The van der Waals surface area contributed by atoms with Crippen LogP contribution in [0.1, 0.15) is 53.9 Å². The lowest BCUT2D eigenvalue weighted by Crippen LogP contribution is -2.37. The molecule has 0 aliphatic carbocycles. The molecule has 4 rings (SSSR count). The standard InChI is InChI=1S/C30H37N3O6/c1-19-15-26(35)29(37)30(39-19)23(21-9-12-25(34)27(16-21)38-4)17-28(36)31-18-24(33-13-5-6-14-33)20-7-10-22(11-8-20)32(2)3/h7-12,15-16,23-24,34,37H,5-6,13-14,17-18H2,1-4H3,(H,31,36)/t23-,24-/m1/s1. The molecule has 3 aromatic rings. The lowest BCUT2D eigenvalue weighted by Gasteiger charge is -2.29. The highest BCUT2D eigenvalue weighted by molar-refractivity contribution is 5.77. The molecule has 2 atom stereocenters. The predicted molar refractivity (Wildman–Crippen MR) is 150 cm³/mol. The van der Waals surface area contributed by atoms with Gasteiger partial charge in [-0.1, -0.05) is 18.2 Å². The third-order valence-corrected chi connectivity index (χ3v) is 7.25. The summed E-state index contributed by atoms with van der Waals surface area (Å²) in [5, 5.41) is 23.8. The molecule has 1 saturated heterocycles. The molecule has 9 nitrogen and oxygen atoms in total. The van der Waals surface area contributed by atoms with E-state index in [2.05, 4.69) is 34.5 Å². The van der Waals surface area contributed by atoms with Gasteiger partial charge in [-0.25, -0.2) is 0 Å². The highest BCUT2D eigenvalue weighted by Crippen LogP contribution is 2.37. The van der Waals surface area contributed by atoms with E-state index in [0.717, 1.165) is 37.2 Å². The fourth-order valence-electron chi connectivity index (χ4n) is 5.11. The summed E-state index contributed by atoms with van der Waals surface area (Å²) in [4.78, 5) is 30.2. The molecule has 9 heteroatoms. The van der Waals surface area contributed by atoms with Gasteiger partial charge in [0.1, 0.15) is 5.76 Å². The molecule has 1 aliphatic rings. The Bertz CT molecular complexity index is 1350. The second-order valence-corrected chi connectivity index (χ2v) is 10.2. The monoisotopic (exact) mass is 535 g/mol. The van der Waals surface area contributed by atoms with Gasteiger partial charge in [0.05, 0.1) is 19.1 Å². The van der Waals surface area contributed by atoms with E-state index in [9.17, 15) is 19.8 Å². The van der Waals surface area contributed by atoms with Crippen LogP contribution in [0.2, 0.25) is 0 Å². The third-order valence-electron chi connectivity index (χ3n) is 7.25. The first-order valence-electron chi connectivity index (χ1n) is 13.2. The zero-order valence-electron chi connectivity index (χ0n) is 22.9. The lowest BCUT2D eigenvalue weighted by molar-refractivity contribution is -0.121. The number of likely N-dealkylation sites (tertiary alicyclic amines) is 1. The number of methoxy groups -OCH3 is 1. The number of amides is 1. The van der Waals surface area contributed by atoms with Crippen LogP contribution < -0.4 is 20.4 Å². The fraction of sp³-hybridized carbons (Fsp3) is 0.400. The molecule has 3 N–H and O–H groups in total. The fourth-order valence-corrected chi connectivity index (χ4v) is 5.11. The summed E-state index contributed by atoms with van der Waals surface area (Å²) in [6.07, 6.45) is 2.16. The molecule has 0 radical (unpaired) electrons. The van der Waals surface area contributed by atoms with E-state index in [1.807, 2.05) is 19.0 Å². The smallest absolute Gasteiger partial charge is 0.227 e. The quantitative estimate of drug-likeness (QED) is 0.358. The number of phenolic OH excluding ortho intramolecular Hbond substituents is 1. The van der Waals surface area contributed by atoms with Crippen molar-refractivity contribution in [1.29, 1.82) is 0 Å². The second-order valence-electron chi connectivity index (χ2n) is 10.2. The van der Waals surface area contributed by atoms with Crippen LogP contribution in [0.5, 0.6) is 17.2 Å². The molecule has 0 unspecified atom stereocenters. The van der Waals surface area contributed by atoms with Crippen LogP contribution in [0.3, 0.4) is 0 Å². The molecule has 1 amide bonds. The van der Waals surface area contributed by atoms with Crippen molar-refractivity contribution in [2.24, 2.45) is 0 Å². The van der Waals surface area contributed by atoms with Crippen molar-refractivity contribution < 1.29 is 24.2 Å². The number of rotatable bonds is 10. The van der Waals surface area contributed by atoms with Crippen LogP contribution in [0, 0.1) is 6.92 Å². The second kappa shape index (κ2) is 12.3. The summed E-state index contributed by atoms with van der Waals surface area (Å²) in [6, 6.07) is 14.2. The normalized spacial score (nSPS) is 15.1. The summed E-state index contributed by atoms with van der Waals surface area (Å²) in [5.74, 6) is -1.11. The summed E-state index contributed by atoms with van der Waals surface area (Å²) < 4.78 is 11.0. The molecule has 2 heterocycles. The molecule has 0 bridgehead atoms. The Morgan fingerprint density at radius 2 is 1.74 bits per heavy atom. The average molecular weight is 536 g/mol. The first-order chi connectivity index (χ1) is 18.7. The van der Waals surface area contributed by atoms with Crippen molar-refractivity contribution in [2.45, 2.75) is 38.1 Å². The minimum absolute atomic E-state index is 0.00161. The van der Waals surface area contributed by atoms with E-state index in [4.69, 9.17) is 9.15 Å².